The molecule has 0 saturated carbocycles. The van der Waals surface area contributed by atoms with Crippen LogP contribution in [0.5, 0.6) is 5.75 Å². The number of ether oxygens (including phenoxy) is 2. The Balaban J connectivity index is 2.00. The maximum Gasteiger partial charge on any atom is 0.243 e. The lowest BCUT2D eigenvalue weighted by Gasteiger charge is -2.17. The molecular formula is C18H21ClN2O5S. The van der Waals surface area contributed by atoms with Crippen LogP contribution in [-0.2, 0) is 19.6 Å². The summed E-state index contributed by atoms with van der Waals surface area (Å²) in [5.41, 5.74) is 0.424. The van der Waals surface area contributed by atoms with Crippen molar-refractivity contribution in [3.05, 3.63) is 53.6 Å². The van der Waals surface area contributed by atoms with Crippen molar-refractivity contribution >= 4 is 33.2 Å². The second-order valence-electron chi connectivity index (χ2n) is 5.60. The van der Waals surface area contributed by atoms with Gasteiger partial charge in [0, 0.05) is 14.2 Å². The molecule has 1 amide bonds. The van der Waals surface area contributed by atoms with Crippen molar-refractivity contribution < 1.29 is 22.7 Å². The predicted octanol–water partition coefficient (Wildman–Crippen LogP) is 2.62. The van der Waals surface area contributed by atoms with Gasteiger partial charge in [-0.15, -0.1) is 0 Å². The highest BCUT2D eigenvalue weighted by Crippen LogP contribution is 2.21. The number of hydrogen-bond donors (Lipinski definition) is 1. The van der Waals surface area contributed by atoms with Gasteiger partial charge in [0.1, 0.15) is 12.4 Å². The number of carbonyl (C=O) groups is 1. The van der Waals surface area contributed by atoms with E-state index in [-0.39, 0.29) is 11.4 Å². The van der Waals surface area contributed by atoms with E-state index in [9.17, 15) is 13.2 Å². The van der Waals surface area contributed by atoms with Crippen LogP contribution in [0.2, 0.25) is 5.02 Å². The molecule has 146 valence electrons. The fraction of sp³-hybridized carbons (Fsp3) is 0.278. The summed E-state index contributed by atoms with van der Waals surface area (Å²) in [6.45, 7) is 0.452. The standard InChI is InChI=1S/C18H21ClN2O5S/c1-21(13-18(22)20-17-6-4-3-5-16(17)19)27(23,24)15-9-7-14(8-10-15)26-12-11-25-2/h3-10H,11-13H2,1-2H3,(H,20,22). The minimum Gasteiger partial charge on any atom is -0.491 e. The van der Waals surface area contributed by atoms with Gasteiger partial charge in [-0.3, -0.25) is 4.79 Å². The highest BCUT2D eigenvalue weighted by molar-refractivity contribution is 7.89. The molecule has 2 rings (SSSR count). The maximum atomic E-state index is 12.6. The number of carbonyl (C=O) groups excluding carboxylic acids is 1. The van der Waals surface area contributed by atoms with Crippen LogP contribution in [0.4, 0.5) is 5.69 Å². The van der Waals surface area contributed by atoms with Gasteiger partial charge in [-0.2, -0.15) is 4.31 Å². The van der Waals surface area contributed by atoms with Crippen molar-refractivity contribution in [3.63, 3.8) is 0 Å². The quantitative estimate of drug-likeness (QED) is 0.640. The van der Waals surface area contributed by atoms with Crippen molar-refractivity contribution in [1.82, 2.24) is 4.31 Å². The first-order chi connectivity index (χ1) is 12.8. The van der Waals surface area contributed by atoms with Gasteiger partial charge < -0.3 is 14.8 Å². The first-order valence-electron chi connectivity index (χ1n) is 8.07. The third kappa shape index (κ3) is 5.93. The molecule has 0 aromatic heterocycles. The molecule has 0 saturated heterocycles. The number of para-hydroxylation sites is 1. The van der Waals surface area contributed by atoms with Crippen molar-refractivity contribution in [2.75, 3.05) is 39.2 Å². The zero-order chi connectivity index (χ0) is 19.9. The number of halogens is 1. The topological polar surface area (TPSA) is 84.9 Å². The first kappa shape index (κ1) is 21.2. The summed E-state index contributed by atoms with van der Waals surface area (Å²) >= 11 is 5.98. The largest absolute Gasteiger partial charge is 0.491 e. The van der Waals surface area contributed by atoms with Gasteiger partial charge in [-0.25, -0.2) is 8.42 Å². The van der Waals surface area contributed by atoms with E-state index in [1.165, 1.54) is 19.2 Å². The molecule has 1 N–H and O–H groups in total. The number of likely N-dealkylation sites (N-methyl/N-ethyl adjacent to an activating group) is 1. The van der Waals surface area contributed by atoms with Gasteiger partial charge in [0.05, 0.1) is 28.8 Å². The number of benzene rings is 2. The number of amides is 1. The number of methoxy groups -OCH3 is 1. The summed E-state index contributed by atoms with van der Waals surface area (Å²) in [4.78, 5) is 12.2. The third-order valence-electron chi connectivity index (χ3n) is 3.60. The summed E-state index contributed by atoms with van der Waals surface area (Å²) in [6, 6.07) is 12.7. The van der Waals surface area contributed by atoms with E-state index in [0.29, 0.717) is 29.7 Å². The summed E-state index contributed by atoms with van der Waals surface area (Å²) in [5, 5.41) is 2.97. The molecule has 2 aromatic rings. The van der Waals surface area contributed by atoms with Crippen molar-refractivity contribution in [3.8, 4) is 5.75 Å². The Kier molecular flexibility index (Phi) is 7.61. The fourth-order valence-electron chi connectivity index (χ4n) is 2.17. The average molecular weight is 413 g/mol. The summed E-state index contributed by atoms with van der Waals surface area (Å²) in [6.07, 6.45) is 0. The number of anilines is 1. The van der Waals surface area contributed by atoms with E-state index >= 15 is 0 Å². The molecule has 0 aliphatic heterocycles. The monoisotopic (exact) mass is 412 g/mol. The molecule has 0 fully saturated rings. The zero-order valence-electron chi connectivity index (χ0n) is 15.0. The van der Waals surface area contributed by atoms with Crippen LogP contribution in [0, 0.1) is 0 Å². The van der Waals surface area contributed by atoms with E-state index in [0.717, 1.165) is 4.31 Å². The van der Waals surface area contributed by atoms with Crippen LogP contribution in [0.3, 0.4) is 0 Å². The minimum atomic E-state index is -3.82. The van der Waals surface area contributed by atoms with Crippen molar-refractivity contribution in [2.45, 2.75) is 4.90 Å². The van der Waals surface area contributed by atoms with Gasteiger partial charge >= 0.3 is 0 Å². The molecule has 0 atom stereocenters. The number of sulfonamides is 1. The molecule has 0 aliphatic rings. The normalized spacial score (nSPS) is 11.4. The van der Waals surface area contributed by atoms with E-state index in [4.69, 9.17) is 21.1 Å². The molecule has 0 aliphatic carbocycles. The summed E-state index contributed by atoms with van der Waals surface area (Å²) in [7, 11) is -0.915. The smallest absolute Gasteiger partial charge is 0.243 e. The molecule has 0 bridgehead atoms. The lowest BCUT2D eigenvalue weighted by molar-refractivity contribution is -0.116. The number of nitrogens with one attached hydrogen (secondary N) is 1. The van der Waals surface area contributed by atoms with Crippen molar-refractivity contribution in [1.29, 1.82) is 0 Å². The third-order valence-corrected chi connectivity index (χ3v) is 5.75. The minimum absolute atomic E-state index is 0.0645. The molecule has 7 nitrogen and oxygen atoms in total. The molecule has 27 heavy (non-hydrogen) atoms. The van der Waals surface area contributed by atoms with Crippen LogP contribution in [0.25, 0.3) is 0 Å². The predicted molar refractivity (Wildman–Crippen MR) is 104 cm³/mol. The van der Waals surface area contributed by atoms with Gasteiger partial charge in [0.15, 0.2) is 0 Å². The Morgan fingerprint density at radius 3 is 2.41 bits per heavy atom. The maximum absolute atomic E-state index is 12.6. The second kappa shape index (κ2) is 9.70. The fourth-order valence-corrected chi connectivity index (χ4v) is 3.48. The van der Waals surface area contributed by atoms with E-state index < -0.39 is 15.9 Å². The molecule has 0 spiro atoms. The SMILES string of the molecule is COCCOc1ccc(S(=O)(=O)N(C)CC(=O)Nc2ccccc2Cl)cc1. The number of nitrogens with zero attached hydrogens (tertiary/aromatic N) is 1. The Morgan fingerprint density at radius 1 is 1.11 bits per heavy atom. The van der Waals surface area contributed by atoms with Crippen LogP contribution in [-0.4, -0.2) is 52.5 Å². The molecule has 0 radical (unpaired) electrons. The van der Waals surface area contributed by atoms with Crippen LogP contribution in [0.1, 0.15) is 0 Å². The van der Waals surface area contributed by atoms with Gasteiger partial charge in [0.25, 0.3) is 0 Å². The molecule has 0 unspecified atom stereocenters. The van der Waals surface area contributed by atoms with Gasteiger partial charge in [0.2, 0.25) is 15.9 Å². The Hall–Kier alpha value is -2.13. The van der Waals surface area contributed by atoms with E-state index in [1.54, 1.807) is 43.5 Å². The lowest BCUT2D eigenvalue weighted by Crippen LogP contribution is -2.35. The summed E-state index contributed by atoms with van der Waals surface area (Å²) in [5.74, 6) is 0.0406. The van der Waals surface area contributed by atoms with E-state index in [2.05, 4.69) is 5.32 Å². The Bertz CT molecular complexity index is 872. The first-order valence-corrected chi connectivity index (χ1v) is 9.89. The van der Waals surface area contributed by atoms with Crippen LogP contribution >= 0.6 is 11.6 Å². The molecular weight excluding hydrogens is 392 g/mol. The van der Waals surface area contributed by atoms with Crippen molar-refractivity contribution in [2.24, 2.45) is 0 Å². The summed E-state index contributed by atoms with van der Waals surface area (Å²) < 4.78 is 36.5. The number of hydrogen-bond acceptors (Lipinski definition) is 5. The molecule has 2 aromatic carbocycles. The Morgan fingerprint density at radius 2 is 1.78 bits per heavy atom. The van der Waals surface area contributed by atoms with Gasteiger partial charge in [-0.1, -0.05) is 23.7 Å². The number of rotatable bonds is 9. The average Bonchev–Trinajstić information content (AvgIpc) is 2.64. The lowest BCUT2D eigenvalue weighted by atomic mass is 10.3. The van der Waals surface area contributed by atoms with Crippen LogP contribution in [0.15, 0.2) is 53.4 Å². The highest BCUT2D eigenvalue weighted by Gasteiger charge is 2.23. The zero-order valence-corrected chi connectivity index (χ0v) is 16.6. The van der Waals surface area contributed by atoms with Gasteiger partial charge in [-0.05, 0) is 36.4 Å². The Labute approximate surface area is 163 Å². The van der Waals surface area contributed by atoms with Crippen LogP contribution < -0.4 is 10.1 Å². The highest BCUT2D eigenvalue weighted by atomic mass is 35.5. The second-order valence-corrected chi connectivity index (χ2v) is 8.05. The van der Waals surface area contributed by atoms with E-state index in [1.807, 2.05) is 0 Å². The molecule has 9 heteroatoms. The molecule has 0 heterocycles.